The summed E-state index contributed by atoms with van der Waals surface area (Å²) >= 11 is 0. The Labute approximate surface area is 108 Å². The standard InChI is InChI=1S/C6H3N3O7.Ni.H2O/c10-6-4(8(13)14)1-3(7(11)12)2-5(6)9(15)16;;/h1-2,10H;;1H2/q;+2;/p-1. The van der Waals surface area contributed by atoms with E-state index in [2.05, 4.69) is 0 Å². The first-order chi connectivity index (χ1) is 7.34. The van der Waals surface area contributed by atoms with Gasteiger partial charge in [0.2, 0.25) is 0 Å². The van der Waals surface area contributed by atoms with Crippen molar-refractivity contribution in [3.05, 3.63) is 42.5 Å². The van der Waals surface area contributed by atoms with Gasteiger partial charge in [0.25, 0.3) is 17.1 Å². The van der Waals surface area contributed by atoms with Crippen molar-refractivity contribution in [2.24, 2.45) is 0 Å². The van der Waals surface area contributed by atoms with Crippen molar-refractivity contribution in [2.75, 3.05) is 0 Å². The maximum atomic E-state index is 11.1. The van der Waals surface area contributed by atoms with Gasteiger partial charge >= 0.3 is 16.5 Å². The number of rotatable bonds is 3. The molecule has 0 atom stereocenters. The van der Waals surface area contributed by atoms with Gasteiger partial charge in [0.05, 0.1) is 32.7 Å². The number of hydrogen-bond donors (Lipinski definition) is 0. The van der Waals surface area contributed by atoms with Crippen molar-refractivity contribution in [3.63, 3.8) is 0 Å². The number of benzene rings is 1. The van der Waals surface area contributed by atoms with Crippen LogP contribution in [-0.2, 0) is 16.5 Å². The number of nitrogens with zero attached hydrogens (tertiary/aromatic N) is 3. The molecule has 0 aromatic heterocycles. The molecule has 0 radical (unpaired) electrons. The van der Waals surface area contributed by atoms with Crippen molar-refractivity contribution < 1.29 is 41.8 Å². The molecule has 1 rings (SSSR count). The van der Waals surface area contributed by atoms with Gasteiger partial charge in [-0.2, -0.15) is 0 Å². The van der Waals surface area contributed by atoms with Gasteiger partial charge in [-0.1, -0.05) is 0 Å². The molecule has 2 N–H and O–H groups in total. The summed E-state index contributed by atoms with van der Waals surface area (Å²) in [6.45, 7) is 0. The first-order valence-corrected chi connectivity index (χ1v) is 3.63. The van der Waals surface area contributed by atoms with Gasteiger partial charge in [0, 0.05) is 0 Å². The fourth-order valence-corrected chi connectivity index (χ4v) is 0.961. The fraction of sp³-hybridized carbons (Fsp3) is 0. The van der Waals surface area contributed by atoms with Crippen molar-refractivity contribution in [1.82, 2.24) is 0 Å². The summed E-state index contributed by atoms with van der Waals surface area (Å²) in [5.74, 6) is -1.46. The second kappa shape index (κ2) is 6.42. The van der Waals surface area contributed by atoms with Crippen LogP contribution in [0, 0.1) is 30.3 Å². The topological polar surface area (TPSA) is 184 Å². The number of nitro benzene ring substituents is 3. The van der Waals surface area contributed by atoms with Crippen molar-refractivity contribution in [2.45, 2.75) is 0 Å². The Morgan fingerprint density at radius 3 is 1.39 bits per heavy atom. The third kappa shape index (κ3) is 3.33. The van der Waals surface area contributed by atoms with E-state index in [9.17, 15) is 35.4 Å². The minimum atomic E-state index is -1.46. The summed E-state index contributed by atoms with van der Waals surface area (Å²) in [5, 5.41) is 42.1. The summed E-state index contributed by atoms with van der Waals surface area (Å²) < 4.78 is 0. The van der Waals surface area contributed by atoms with E-state index in [-0.39, 0.29) is 22.0 Å². The fourth-order valence-electron chi connectivity index (χ4n) is 0.961. The van der Waals surface area contributed by atoms with Crippen LogP contribution in [0.25, 0.3) is 0 Å². The van der Waals surface area contributed by atoms with Crippen LogP contribution < -0.4 is 5.11 Å². The molecule has 1 aromatic carbocycles. The Morgan fingerprint density at radius 1 is 0.833 bits per heavy atom. The molecule has 0 aliphatic carbocycles. The maximum absolute atomic E-state index is 11.1. The SMILES string of the molecule is O.O=[N+]([O-])c1cc([N+](=O)[O-])c([O-])c([N+](=O)[O-])c1.[Ni+2]. The van der Waals surface area contributed by atoms with Crippen LogP contribution in [0.5, 0.6) is 5.75 Å². The average Bonchev–Trinajstić information content (AvgIpc) is 2.16. The number of non-ortho nitro benzene ring substituents is 1. The maximum Gasteiger partial charge on any atom is 2.00 e. The van der Waals surface area contributed by atoms with E-state index in [1.807, 2.05) is 0 Å². The molecule has 100 valence electrons. The molecule has 0 saturated heterocycles. The molecular formula is C6H4N3NiO8+. The summed E-state index contributed by atoms with van der Waals surface area (Å²) in [5.41, 5.74) is -3.26. The second-order valence-corrected chi connectivity index (χ2v) is 2.58. The summed E-state index contributed by atoms with van der Waals surface area (Å²) in [6, 6.07) is 0.769. The zero-order chi connectivity index (χ0) is 12.5. The molecule has 0 heterocycles. The number of hydrogen-bond acceptors (Lipinski definition) is 7. The molecule has 0 aliphatic rings. The molecule has 0 spiro atoms. The minimum absolute atomic E-state index is 0. The van der Waals surface area contributed by atoms with Gasteiger partial charge in [0.15, 0.2) is 0 Å². The Balaban J connectivity index is 0. The smallest absolute Gasteiger partial charge is 0.863 e. The largest absolute Gasteiger partial charge is 2.00 e. The molecule has 0 unspecified atom stereocenters. The summed E-state index contributed by atoms with van der Waals surface area (Å²) in [7, 11) is 0. The van der Waals surface area contributed by atoms with E-state index in [0.29, 0.717) is 12.1 Å². The van der Waals surface area contributed by atoms with Crippen molar-refractivity contribution in [3.8, 4) is 5.75 Å². The predicted octanol–water partition coefficient (Wildman–Crippen LogP) is -0.342. The predicted molar refractivity (Wildman–Crippen MR) is 49.5 cm³/mol. The van der Waals surface area contributed by atoms with Crippen LogP contribution in [0.1, 0.15) is 0 Å². The quantitative estimate of drug-likeness (QED) is 0.415. The van der Waals surface area contributed by atoms with E-state index >= 15 is 0 Å². The normalized spacial score (nSPS) is 8.67. The zero-order valence-corrected chi connectivity index (χ0v) is 9.16. The summed E-state index contributed by atoms with van der Waals surface area (Å²) in [6.07, 6.45) is 0. The molecule has 18 heavy (non-hydrogen) atoms. The van der Waals surface area contributed by atoms with Gasteiger partial charge in [-0.3, -0.25) is 30.3 Å². The van der Waals surface area contributed by atoms with Crippen LogP contribution in [0.4, 0.5) is 17.1 Å². The van der Waals surface area contributed by atoms with E-state index in [1.54, 1.807) is 0 Å². The van der Waals surface area contributed by atoms with Crippen LogP contribution in [0.3, 0.4) is 0 Å². The molecule has 0 fully saturated rings. The third-order valence-electron chi connectivity index (χ3n) is 1.64. The van der Waals surface area contributed by atoms with Gasteiger partial charge in [-0.15, -0.1) is 0 Å². The van der Waals surface area contributed by atoms with E-state index < -0.39 is 37.6 Å². The Bertz CT molecular complexity index is 469. The molecular weight excluding hydrogens is 301 g/mol. The second-order valence-electron chi connectivity index (χ2n) is 2.58. The summed E-state index contributed by atoms with van der Waals surface area (Å²) in [4.78, 5) is 27.5. The molecule has 0 bridgehead atoms. The molecule has 0 saturated carbocycles. The van der Waals surface area contributed by atoms with Crippen LogP contribution in [0.2, 0.25) is 0 Å². The van der Waals surface area contributed by atoms with Crippen LogP contribution in [0.15, 0.2) is 12.1 Å². The van der Waals surface area contributed by atoms with Gasteiger partial charge in [-0.25, -0.2) is 0 Å². The zero-order valence-electron chi connectivity index (χ0n) is 8.17. The van der Waals surface area contributed by atoms with E-state index in [4.69, 9.17) is 0 Å². The Hall–Kier alpha value is -2.33. The number of nitro groups is 3. The van der Waals surface area contributed by atoms with Crippen LogP contribution in [-0.4, -0.2) is 20.2 Å². The average molecular weight is 305 g/mol. The molecule has 12 heteroatoms. The molecule has 11 nitrogen and oxygen atoms in total. The molecule has 0 amide bonds. The molecule has 0 aliphatic heterocycles. The van der Waals surface area contributed by atoms with Crippen molar-refractivity contribution >= 4 is 17.1 Å². The van der Waals surface area contributed by atoms with Crippen molar-refractivity contribution in [1.29, 1.82) is 0 Å². The van der Waals surface area contributed by atoms with Crippen LogP contribution >= 0.6 is 0 Å². The first kappa shape index (κ1) is 18.0. The first-order valence-electron chi connectivity index (χ1n) is 3.63. The minimum Gasteiger partial charge on any atom is -0.863 e. The monoisotopic (exact) mass is 304 g/mol. The van der Waals surface area contributed by atoms with Gasteiger partial charge < -0.3 is 10.6 Å². The molecule has 1 aromatic rings. The third-order valence-corrected chi connectivity index (χ3v) is 1.64. The van der Waals surface area contributed by atoms with Gasteiger partial charge in [0.1, 0.15) is 0 Å². The Kier molecular flexibility index (Phi) is 6.44. The van der Waals surface area contributed by atoms with E-state index in [0.717, 1.165) is 0 Å². The van der Waals surface area contributed by atoms with E-state index in [1.165, 1.54) is 0 Å². The Morgan fingerprint density at radius 2 is 1.17 bits per heavy atom. The van der Waals surface area contributed by atoms with Gasteiger partial charge in [-0.05, 0) is 0 Å².